The quantitative estimate of drug-likeness (QED) is 0.849. The summed E-state index contributed by atoms with van der Waals surface area (Å²) in [6.07, 6.45) is -1.45. The predicted octanol–water partition coefficient (Wildman–Crippen LogP) is 1.19. The highest BCUT2D eigenvalue weighted by molar-refractivity contribution is 5.34. The van der Waals surface area contributed by atoms with Crippen LogP contribution in [0.15, 0.2) is 12.4 Å². The van der Waals surface area contributed by atoms with Crippen LogP contribution in [0.2, 0.25) is 0 Å². The summed E-state index contributed by atoms with van der Waals surface area (Å²) in [5.74, 6) is 0.206. The van der Waals surface area contributed by atoms with Crippen molar-refractivity contribution in [3.63, 3.8) is 0 Å². The van der Waals surface area contributed by atoms with Gasteiger partial charge in [0.25, 0.3) is 0 Å². The van der Waals surface area contributed by atoms with Crippen LogP contribution in [0.5, 0.6) is 0 Å². The van der Waals surface area contributed by atoms with Crippen LogP contribution in [0.3, 0.4) is 0 Å². The van der Waals surface area contributed by atoms with Crippen molar-refractivity contribution in [3.05, 3.63) is 18.1 Å². The van der Waals surface area contributed by atoms with E-state index in [9.17, 15) is 13.2 Å². The number of nitrogens with zero attached hydrogens (tertiary/aromatic N) is 3. The second-order valence-electron chi connectivity index (χ2n) is 3.37. The Balaban J connectivity index is 2.66. The number of nitrogens with one attached hydrogen (secondary N) is 1. The molecule has 0 aliphatic heterocycles. The Morgan fingerprint density at radius 2 is 2.00 bits per heavy atom. The number of rotatable bonds is 4. The van der Waals surface area contributed by atoms with Crippen LogP contribution in [0.4, 0.5) is 19.0 Å². The minimum absolute atomic E-state index is 0.206. The monoisotopic (exact) mass is 234 g/mol. The van der Waals surface area contributed by atoms with Gasteiger partial charge in [0.15, 0.2) is 0 Å². The molecule has 0 bridgehead atoms. The second-order valence-corrected chi connectivity index (χ2v) is 3.37. The van der Waals surface area contributed by atoms with E-state index in [1.165, 1.54) is 19.4 Å². The lowest BCUT2D eigenvalue weighted by Crippen LogP contribution is -2.31. The van der Waals surface area contributed by atoms with Crippen molar-refractivity contribution in [1.82, 2.24) is 15.3 Å². The standard InChI is InChI=1S/C9H13F3N4/c1-13-3-7-4-15-8(5-14-7)16(2)6-9(10,11)12/h4-5,13H,3,6H2,1-2H3. The van der Waals surface area contributed by atoms with Crippen LogP contribution >= 0.6 is 0 Å². The van der Waals surface area contributed by atoms with Crippen molar-refractivity contribution < 1.29 is 13.2 Å². The zero-order chi connectivity index (χ0) is 12.2. The van der Waals surface area contributed by atoms with Gasteiger partial charge < -0.3 is 10.2 Å². The van der Waals surface area contributed by atoms with Gasteiger partial charge in [0.05, 0.1) is 18.1 Å². The summed E-state index contributed by atoms with van der Waals surface area (Å²) < 4.78 is 36.3. The summed E-state index contributed by atoms with van der Waals surface area (Å²) in [6.45, 7) is -0.497. The Morgan fingerprint density at radius 3 is 2.44 bits per heavy atom. The van der Waals surface area contributed by atoms with Crippen molar-refractivity contribution in [3.8, 4) is 0 Å². The Morgan fingerprint density at radius 1 is 1.31 bits per heavy atom. The van der Waals surface area contributed by atoms with Gasteiger partial charge in [-0.05, 0) is 7.05 Å². The maximum atomic E-state index is 12.1. The highest BCUT2D eigenvalue weighted by atomic mass is 19.4. The first kappa shape index (κ1) is 12.7. The van der Waals surface area contributed by atoms with Crippen LogP contribution in [-0.4, -0.2) is 36.8 Å². The Labute approximate surface area is 91.5 Å². The van der Waals surface area contributed by atoms with Gasteiger partial charge in [0.1, 0.15) is 12.4 Å². The van der Waals surface area contributed by atoms with Crippen molar-refractivity contribution in [1.29, 1.82) is 0 Å². The molecule has 0 amide bonds. The molecule has 1 rings (SSSR count). The Bertz CT molecular complexity index is 323. The van der Waals surface area contributed by atoms with Gasteiger partial charge in [-0.2, -0.15) is 13.2 Å². The van der Waals surface area contributed by atoms with Crippen LogP contribution in [0.1, 0.15) is 5.69 Å². The SMILES string of the molecule is CNCc1cnc(N(C)CC(F)(F)F)cn1. The Hall–Kier alpha value is -1.37. The lowest BCUT2D eigenvalue weighted by atomic mass is 10.4. The molecular formula is C9H13F3N4. The summed E-state index contributed by atoms with van der Waals surface area (Å²) in [5.41, 5.74) is 0.687. The zero-order valence-corrected chi connectivity index (χ0v) is 9.04. The van der Waals surface area contributed by atoms with Gasteiger partial charge in [0.2, 0.25) is 0 Å². The fourth-order valence-electron chi connectivity index (χ4n) is 1.17. The molecule has 1 heterocycles. The van der Waals surface area contributed by atoms with E-state index in [4.69, 9.17) is 0 Å². The van der Waals surface area contributed by atoms with Crippen molar-refractivity contribution in [2.75, 3.05) is 25.5 Å². The normalized spacial score (nSPS) is 11.6. The van der Waals surface area contributed by atoms with Gasteiger partial charge in [-0.15, -0.1) is 0 Å². The number of hydrogen-bond donors (Lipinski definition) is 1. The number of aromatic nitrogens is 2. The van der Waals surface area contributed by atoms with E-state index >= 15 is 0 Å². The third kappa shape index (κ3) is 4.01. The molecule has 1 aromatic heterocycles. The van der Waals surface area contributed by atoms with E-state index in [1.54, 1.807) is 7.05 Å². The third-order valence-electron chi connectivity index (χ3n) is 1.86. The van der Waals surface area contributed by atoms with Gasteiger partial charge in [-0.1, -0.05) is 0 Å². The Kier molecular flexibility index (Phi) is 4.05. The first-order valence-corrected chi connectivity index (χ1v) is 4.66. The highest BCUT2D eigenvalue weighted by Gasteiger charge is 2.29. The molecule has 0 atom stereocenters. The summed E-state index contributed by atoms with van der Waals surface area (Å²) in [5, 5.41) is 2.87. The largest absolute Gasteiger partial charge is 0.405 e. The van der Waals surface area contributed by atoms with Gasteiger partial charge in [-0.25, -0.2) is 4.98 Å². The molecule has 0 spiro atoms. The lowest BCUT2D eigenvalue weighted by Gasteiger charge is -2.19. The summed E-state index contributed by atoms with van der Waals surface area (Å²) in [7, 11) is 3.08. The van der Waals surface area contributed by atoms with Gasteiger partial charge in [-0.3, -0.25) is 4.98 Å². The molecule has 0 saturated carbocycles. The van der Waals surface area contributed by atoms with E-state index in [2.05, 4.69) is 15.3 Å². The van der Waals surface area contributed by atoms with Crippen molar-refractivity contribution in [2.24, 2.45) is 0 Å². The highest BCUT2D eigenvalue weighted by Crippen LogP contribution is 2.18. The topological polar surface area (TPSA) is 41.1 Å². The van der Waals surface area contributed by atoms with E-state index < -0.39 is 12.7 Å². The van der Waals surface area contributed by atoms with Crippen LogP contribution in [-0.2, 0) is 6.54 Å². The predicted molar refractivity (Wildman–Crippen MR) is 54.1 cm³/mol. The maximum Gasteiger partial charge on any atom is 0.405 e. The minimum atomic E-state index is -4.24. The molecule has 0 unspecified atom stereocenters. The van der Waals surface area contributed by atoms with Crippen LogP contribution in [0.25, 0.3) is 0 Å². The molecule has 1 aromatic rings. The van der Waals surface area contributed by atoms with Crippen LogP contribution in [0, 0.1) is 0 Å². The van der Waals surface area contributed by atoms with Crippen molar-refractivity contribution >= 4 is 5.82 Å². The van der Waals surface area contributed by atoms with E-state index in [-0.39, 0.29) is 5.82 Å². The fraction of sp³-hybridized carbons (Fsp3) is 0.556. The summed E-state index contributed by atoms with van der Waals surface area (Å²) >= 11 is 0. The number of hydrogen-bond acceptors (Lipinski definition) is 4. The van der Waals surface area contributed by atoms with Crippen molar-refractivity contribution in [2.45, 2.75) is 12.7 Å². The second kappa shape index (κ2) is 5.11. The van der Waals surface area contributed by atoms with E-state index in [0.717, 1.165) is 4.90 Å². The molecule has 0 fully saturated rings. The average molecular weight is 234 g/mol. The summed E-state index contributed by atoms with van der Waals surface area (Å²) in [4.78, 5) is 8.90. The molecular weight excluding hydrogens is 221 g/mol. The first-order valence-electron chi connectivity index (χ1n) is 4.66. The fourth-order valence-corrected chi connectivity index (χ4v) is 1.17. The molecule has 0 radical (unpaired) electrons. The average Bonchev–Trinajstić information content (AvgIpc) is 2.16. The minimum Gasteiger partial charge on any atom is -0.349 e. The molecule has 16 heavy (non-hydrogen) atoms. The molecule has 90 valence electrons. The molecule has 0 aliphatic rings. The zero-order valence-electron chi connectivity index (χ0n) is 9.04. The van der Waals surface area contributed by atoms with Gasteiger partial charge >= 0.3 is 6.18 Å². The third-order valence-corrected chi connectivity index (χ3v) is 1.86. The smallest absolute Gasteiger partial charge is 0.349 e. The molecule has 7 heteroatoms. The first-order chi connectivity index (χ1) is 7.42. The molecule has 4 nitrogen and oxygen atoms in total. The number of halogens is 3. The molecule has 0 saturated heterocycles. The molecule has 0 aliphatic carbocycles. The van der Waals surface area contributed by atoms with Crippen LogP contribution < -0.4 is 10.2 Å². The van der Waals surface area contributed by atoms with Gasteiger partial charge in [0, 0.05) is 13.6 Å². The lowest BCUT2D eigenvalue weighted by molar-refractivity contribution is -0.119. The number of anilines is 1. The van der Waals surface area contributed by atoms with E-state index in [0.29, 0.717) is 12.2 Å². The summed E-state index contributed by atoms with van der Waals surface area (Å²) in [6, 6.07) is 0. The van der Waals surface area contributed by atoms with E-state index in [1.807, 2.05) is 0 Å². The molecule has 1 N–H and O–H groups in total. The number of alkyl halides is 3. The molecule has 0 aromatic carbocycles. The maximum absolute atomic E-state index is 12.1.